The van der Waals surface area contributed by atoms with Gasteiger partial charge in [0.2, 0.25) is 11.8 Å². The molecule has 30 heavy (non-hydrogen) atoms. The summed E-state index contributed by atoms with van der Waals surface area (Å²) in [6.07, 6.45) is 7.91. The van der Waals surface area contributed by atoms with Crippen LogP contribution < -0.4 is 5.32 Å². The van der Waals surface area contributed by atoms with E-state index in [9.17, 15) is 9.59 Å². The normalized spacial score (nSPS) is 27.6. The average molecular weight is 410 g/mol. The summed E-state index contributed by atoms with van der Waals surface area (Å²) in [7, 11) is 0. The molecule has 0 aromatic carbocycles. The van der Waals surface area contributed by atoms with E-state index in [0.717, 1.165) is 45.2 Å². The molecule has 2 spiro atoms. The highest BCUT2D eigenvalue weighted by Crippen LogP contribution is 2.56. The third-order valence-corrected chi connectivity index (χ3v) is 8.31. The summed E-state index contributed by atoms with van der Waals surface area (Å²) in [6.45, 7) is 8.46. The maximum absolute atomic E-state index is 12.9. The third kappa shape index (κ3) is 3.44. The van der Waals surface area contributed by atoms with Gasteiger partial charge in [-0.25, -0.2) is 0 Å². The zero-order valence-electron chi connectivity index (χ0n) is 18.7. The maximum atomic E-state index is 12.9. The van der Waals surface area contributed by atoms with Crippen LogP contribution in [0.3, 0.4) is 0 Å². The van der Waals surface area contributed by atoms with Crippen molar-refractivity contribution in [2.45, 2.75) is 89.0 Å². The fraction of sp³-hybridized carbons (Fsp3) is 0.720. The van der Waals surface area contributed by atoms with Crippen molar-refractivity contribution in [1.82, 2.24) is 15.2 Å². The molecule has 2 saturated carbocycles. The van der Waals surface area contributed by atoms with Gasteiger partial charge in [-0.05, 0) is 62.5 Å². The van der Waals surface area contributed by atoms with Crippen molar-refractivity contribution in [3.8, 4) is 0 Å². The number of aromatic nitrogens is 1. The summed E-state index contributed by atoms with van der Waals surface area (Å²) in [5.41, 5.74) is 2.89. The van der Waals surface area contributed by atoms with Gasteiger partial charge in [0.1, 0.15) is 0 Å². The van der Waals surface area contributed by atoms with Crippen LogP contribution in [0.25, 0.3) is 0 Å². The van der Waals surface area contributed by atoms with Crippen molar-refractivity contribution < 1.29 is 9.59 Å². The molecule has 4 fully saturated rings. The van der Waals surface area contributed by atoms with E-state index in [-0.39, 0.29) is 22.8 Å². The van der Waals surface area contributed by atoms with Gasteiger partial charge in [-0.15, -0.1) is 0 Å². The van der Waals surface area contributed by atoms with Gasteiger partial charge < -0.3 is 10.2 Å². The van der Waals surface area contributed by atoms with Crippen LogP contribution in [0.1, 0.15) is 89.4 Å². The Hall–Kier alpha value is -1.91. The number of hydrogen-bond donors (Lipinski definition) is 1. The smallest absolute Gasteiger partial charge is 0.225 e. The summed E-state index contributed by atoms with van der Waals surface area (Å²) >= 11 is 0. The molecule has 2 amide bonds. The molecule has 5 rings (SSSR count). The van der Waals surface area contributed by atoms with E-state index in [1.807, 2.05) is 0 Å². The number of likely N-dealkylation sites (tertiary alicyclic amines) is 1. The maximum Gasteiger partial charge on any atom is 0.225 e. The zero-order chi connectivity index (χ0) is 21.1. The predicted octanol–water partition coefficient (Wildman–Crippen LogP) is 3.92. The molecule has 5 heteroatoms. The Kier molecular flexibility index (Phi) is 4.53. The number of hydrogen-bond acceptors (Lipinski definition) is 3. The summed E-state index contributed by atoms with van der Waals surface area (Å²) in [4.78, 5) is 31.5. The number of piperidine rings is 1. The van der Waals surface area contributed by atoms with Crippen LogP contribution in [0.15, 0.2) is 18.2 Å². The molecule has 0 radical (unpaired) electrons. The Labute approximate surface area is 180 Å². The largest absolute Gasteiger partial charge is 0.351 e. The SMILES string of the molecule is CC(C)(C)c1cccc(C2CC3(CCN(C(=O)C4CC5(CCC(=O)N5)C4)CC3)C2)n1. The molecule has 1 aromatic heterocycles. The summed E-state index contributed by atoms with van der Waals surface area (Å²) < 4.78 is 0. The zero-order valence-corrected chi connectivity index (χ0v) is 18.7. The van der Waals surface area contributed by atoms with E-state index < -0.39 is 0 Å². The minimum atomic E-state index is -0.0514. The Morgan fingerprint density at radius 2 is 1.80 bits per heavy atom. The standard InChI is InChI=1S/C25H35N3O2/c1-23(2,3)20-6-4-5-19(26-20)17-13-24(14-17)9-11-28(12-10-24)22(30)18-15-25(16-18)8-7-21(29)27-25/h4-6,17-18H,7-16H2,1-3H3,(H,27,29). The van der Waals surface area contributed by atoms with Crippen LogP contribution in [-0.2, 0) is 15.0 Å². The summed E-state index contributed by atoms with van der Waals surface area (Å²) in [6, 6.07) is 6.50. The van der Waals surface area contributed by atoms with E-state index in [0.29, 0.717) is 23.7 Å². The molecule has 2 saturated heterocycles. The number of nitrogens with zero attached hydrogens (tertiary/aromatic N) is 2. The number of carbonyl (C=O) groups is 2. The third-order valence-electron chi connectivity index (χ3n) is 8.31. The van der Waals surface area contributed by atoms with Crippen LogP contribution >= 0.6 is 0 Å². The first-order valence-electron chi connectivity index (χ1n) is 11.7. The lowest BCUT2D eigenvalue weighted by atomic mass is 9.56. The van der Waals surface area contributed by atoms with E-state index in [1.165, 1.54) is 24.2 Å². The van der Waals surface area contributed by atoms with Gasteiger partial charge in [-0.3, -0.25) is 14.6 Å². The van der Waals surface area contributed by atoms with Crippen LogP contribution in [0.4, 0.5) is 0 Å². The highest BCUT2D eigenvalue weighted by atomic mass is 16.2. The fourth-order valence-electron chi connectivity index (χ4n) is 6.30. The Balaban J connectivity index is 1.12. The van der Waals surface area contributed by atoms with Crippen molar-refractivity contribution in [2.24, 2.45) is 11.3 Å². The fourth-order valence-corrected chi connectivity index (χ4v) is 6.30. The summed E-state index contributed by atoms with van der Waals surface area (Å²) in [5, 5.41) is 3.10. The van der Waals surface area contributed by atoms with E-state index in [4.69, 9.17) is 4.98 Å². The average Bonchev–Trinajstić information content (AvgIpc) is 3.06. The highest BCUT2D eigenvalue weighted by molar-refractivity contribution is 5.83. The lowest BCUT2D eigenvalue weighted by molar-refractivity contribution is -0.145. The minimum Gasteiger partial charge on any atom is -0.351 e. The molecule has 2 aliphatic heterocycles. The van der Waals surface area contributed by atoms with Gasteiger partial charge in [-0.2, -0.15) is 0 Å². The quantitative estimate of drug-likeness (QED) is 0.805. The van der Waals surface area contributed by atoms with Crippen LogP contribution in [0, 0.1) is 11.3 Å². The molecule has 3 heterocycles. The molecule has 4 aliphatic rings. The number of nitrogens with one attached hydrogen (secondary N) is 1. The lowest BCUT2D eigenvalue weighted by Crippen LogP contribution is -2.58. The van der Waals surface area contributed by atoms with Crippen molar-refractivity contribution in [3.05, 3.63) is 29.6 Å². The van der Waals surface area contributed by atoms with Gasteiger partial charge in [0.15, 0.2) is 0 Å². The molecular formula is C25H35N3O2. The molecule has 1 N–H and O–H groups in total. The van der Waals surface area contributed by atoms with Crippen molar-refractivity contribution in [3.63, 3.8) is 0 Å². The first-order valence-corrected chi connectivity index (χ1v) is 11.7. The van der Waals surface area contributed by atoms with Gasteiger partial charge in [-0.1, -0.05) is 26.8 Å². The van der Waals surface area contributed by atoms with Crippen LogP contribution in [-0.4, -0.2) is 40.3 Å². The summed E-state index contributed by atoms with van der Waals surface area (Å²) in [5.74, 6) is 1.18. The van der Waals surface area contributed by atoms with Gasteiger partial charge in [0, 0.05) is 53.7 Å². The van der Waals surface area contributed by atoms with Crippen molar-refractivity contribution >= 4 is 11.8 Å². The van der Waals surface area contributed by atoms with E-state index in [2.05, 4.69) is 49.2 Å². The Bertz CT molecular complexity index is 849. The van der Waals surface area contributed by atoms with Crippen LogP contribution in [0.2, 0.25) is 0 Å². The lowest BCUT2D eigenvalue weighted by Gasteiger charge is -2.53. The number of pyridine rings is 1. The molecule has 2 aliphatic carbocycles. The second-order valence-corrected chi connectivity index (χ2v) is 11.6. The number of carbonyl (C=O) groups excluding carboxylic acids is 2. The first-order chi connectivity index (χ1) is 14.2. The first kappa shape index (κ1) is 20.0. The van der Waals surface area contributed by atoms with E-state index >= 15 is 0 Å². The van der Waals surface area contributed by atoms with E-state index in [1.54, 1.807) is 0 Å². The highest BCUT2D eigenvalue weighted by Gasteiger charge is 2.53. The minimum absolute atomic E-state index is 0.0514. The monoisotopic (exact) mass is 409 g/mol. The van der Waals surface area contributed by atoms with Gasteiger partial charge in [0.25, 0.3) is 0 Å². The predicted molar refractivity (Wildman–Crippen MR) is 116 cm³/mol. The molecule has 162 valence electrons. The van der Waals surface area contributed by atoms with Gasteiger partial charge in [0.05, 0.1) is 0 Å². The molecular weight excluding hydrogens is 374 g/mol. The number of rotatable bonds is 2. The second-order valence-electron chi connectivity index (χ2n) is 11.6. The second kappa shape index (κ2) is 6.80. The van der Waals surface area contributed by atoms with Crippen molar-refractivity contribution in [2.75, 3.05) is 13.1 Å². The van der Waals surface area contributed by atoms with Crippen molar-refractivity contribution in [1.29, 1.82) is 0 Å². The molecule has 1 aromatic rings. The number of amides is 2. The topological polar surface area (TPSA) is 62.3 Å². The Morgan fingerprint density at radius 1 is 1.10 bits per heavy atom. The molecule has 0 unspecified atom stereocenters. The van der Waals surface area contributed by atoms with Gasteiger partial charge >= 0.3 is 0 Å². The molecule has 5 nitrogen and oxygen atoms in total. The van der Waals surface area contributed by atoms with Crippen LogP contribution in [0.5, 0.6) is 0 Å². The Morgan fingerprint density at radius 3 is 2.40 bits per heavy atom. The molecule has 0 atom stereocenters. The molecule has 0 bridgehead atoms.